The number of carbonyl (C=O) groups is 2. The standard InChI is InChI=1S/C25H29N5O4.C11H16N2/c1-16-11-17(13-21(26)23(16)27)12-20(15-31)34-25(33)29-9-7-19(8-10-29)30-14-22(28-24(30)32)18-5-3-2-4-6-18;1-13-8-5-10(6-9-13)11-4-2-3-7-12-11/h2-6,11,13-15,19-20H,7-10,12,26-27H2,1H3,(H,28,32);2-4,7,10H,5-6,8-9H2,1H3. The van der Waals surface area contributed by atoms with E-state index in [0.717, 1.165) is 22.4 Å². The maximum atomic E-state index is 12.7. The van der Waals surface area contributed by atoms with Gasteiger partial charge in [0.2, 0.25) is 0 Å². The number of ether oxygens (including phenoxy) is 1. The van der Waals surface area contributed by atoms with Crippen LogP contribution in [0.3, 0.4) is 0 Å². The molecule has 11 heteroatoms. The van der Waals surface area contributed by atoms with Gasteiger partial charge in [0.05, 0.1) is 17.1 Å². The van der Waals surface area contributed by atoms with E-state index >= 15 is 0 Å². The van der Waals surface area contributed by atoms with Gasteiger partial charge >= 0.3 is 11.8 Å². The number of nitrogen functional groups attached to an aromatic ring is 2. The van der Waals surface area contributed by atoms with Gasteiger partial charge < -0.3 is 31.0 Å². The first-order valence-electron chi connectivity index (χ1n) is 16.2. The number of rotatable bonds is 7. The monoisotopic (exact) mass is 639 g/mol. The Kier molecular flexibility index (Phi) is 11.1. The zero-order valence-electron chi connectivity index (χ0n) is 27.2. The topological polar surface area (TPSA) is 153 Å². The number of carbonyl (C=O) groups excluding carboxylic acids is 2. The summed E-state index contributed by atoms with van der Waals surface area (Å²) in [6, 6.07) is 19.4. The van der Waals surface area contributed by atoms with Crippen LogP contribution in [0.15, 0.2) is 77.9 Å². The summed E-state index contributed by atoms with van der Waals surface area (Å²) in [7, 11) is 2.19. The molecule has 1 unspecified atom stereocenters. The molecule has 0 aliphatic carbocycles. The number of nitrogens with one attached hydrogen (secondary N) is 1. The molecule has 2 aromatic carbocycles. The first-order chi connectivity index (χ1) is 22.7. The van der Waals surface area contributed by atoms with Gasteiger partial charge in [-0.2, -0.15) is 0 Å². The third kappa shape index (κ3) is 8.68. The minimum atomic E-state index is -0.923. The Balaban J connectivity index is 0.000000277. The molecule has 248 valence electrons. The van der Waals surface area contributed by atoms with Crippen LogP contribution < -0.4 is 17.2 Å². The van der Waals surface area contributed by atoms with Gasteiger partial charge in [-0.1, -0.05) is 42.5 Å². The van der Waals surface area contributed by atoms with Crippen molar-refractivity contribution in [2.75, 3.05) is 44.7 Å². The van der Waals surface area contributed by atoms with Crippen LogP contribution in [0.25, 0.3) is 11.3 Å². The highest BCUT2D eigenvalue weighted by Crippen LogP contribution is 2.27. The second kappa shape index (κ2) is 15.6. The Bertz CT molecular complexity index is 1650. The van der Waals surface area contributed by atoms with Crippen LogP contribution in [0.5, 0.6) is 0 Å². The van der Waals surface area contributed by atoms with Crippen LogP contribution >= 0.6 is 0 Å². The number of hydrogen-bond acceptors (Lipinski definition) is 8. The van der Waals surface area contributed by atoms with Crippen molar-refractivity contribution < 1.29 is 14.3 Å². The largest absolute Gasteiger partial charge is 0.438 e. The molecular formula is C36H45N7O4. The number of anilines is 2. The molecule has 1 amide bonds. The molecule has 2 fully saturated rings. The van der Waals surface area contributed by atoms with Crippen LogP contribution in [0.1, 0.15) is 54.5 Å². The fourth-order valence-electron chi connectivity index (χ4n) is 6.27. The van der Waals surface area contributed by atoms with E-state index in [4.69, 9.17) is 16.2 Å². The first-order valence-corrected chi connectivity index (χ1v) is 16.2. The molecule has 2 saturated heterocycles. The highest BCUT2D eigenvalue weighted by atomic mass is 16.6. The number of aldehydes is 1. The number of aryl methyl sites for hydroxylation is 1. The Morgan fingerprint density at radius 1 is 1.02 bits per heavy atom. The summed E-state index contributed by atoms with van der Waals surface area (Å²) in [6.45, 7) is 5.12. The van der Waals surface area contributed by atoms with Crippen LogP contribution in [0.2, 0.25) is 0 Å². The molecule has 2 aromatic heterocycles. The number of likely N-dealkylation sites (tertiary alicyclic amines) is 2. The highest BCUT2D eigenvalue weighted by Gasteiger charge is 2.28. The van der Waals surface area contributed by atoms with Gasteiger partial charge in [0.15, 0.2) is 12.4 Å². The van der Waals surface area contributed by atoms with Gasteiger partial charge in [-0.15, -0.1) is 0 Å². The average molecular weight is 640 g/mol. The molecular weight excluding hydrogens is 594 g/mol. The Morgan fingerprint density at radius 2 is 1.72 bits per heavy atom. The lowest BCUT2D eigenvalue weighted by molar-refractivity contribution is -0.115. The zero-order chi connectivity index (χ0) is 33.3. The molecule has 2 aliphatic heterocycles. The van der Waals surface area contributed by atoms with E-state index in [2.05, 4.69) is 34.0 Å². The first kappa shape index (κ1) is 33.5. The van der Waals surface area contributed by atoms with E-state index in [0.29, 0.717) is 49.5 Å². The molecule has 2 aliphatic rings. The lowest BCUT2D eigenvalue weighted by Gasteiger charge is -2.32. The number of H-pyrrole nitrogens is 1. The predicted molar refractivity (Wildman–Crippen MR) is 184 cm³/mol. The number of nitrogens with two attached hydrogens (primary N) is 2. The molecule has 47 heavy (non-hydrogen) atoms. The van der Waals surface area contributed by atoms with Crippen molar-refractivity contribution in [1.29, 1.82) is 0 Å². The van der Waals surface area contributed by atoms with Crippen LogP contribution in [0.4, 0.5) is 16.2 Å². The molecule has 0 bridgehead atoms. The van der Waals surface area contributed by atoms with E-state index in [1.54, 1.807) is 15.5 Å². The van der Waals surface area contributed by atoms with E-state index in [1.807, 2.05) is 61.8 Å². The van der Waals surface area contributed by atoms with Gasteiger partial charge in [-0.25, -0.2) is 9.59 Å². The van der Waals surface area contributed by atoms with Gasteiger partial charge in [0, 0.05) is 49.6 Å². The van der Waals surface area contributed by atoms with Gasteiger partial charge in [-0.3, -0.25) is 14.3 Å². The number of pyridine rings is 1. The Labute approximate surface area is 275 Å². The normalized spacial score (nSPS) is 16.6. The van der Waals surface area contributed by atoms with E-state index < -0.39 is 12.2 Å². The van der Waals surface area contributed by atoms with E-state index in [9.17, 15) is 14.4 Å². The second-order valence-electron chi connectivity index (χ2n) is 12.5. The number of amides is 1. The molecule has 0 spiro atoms. The molecule has 4 heterocycles. The lowest BCUT2D eigenvalue weighted by atomic mass is 9.93. The fraction of sp³-hybridized carbons (Fsp3) is 0.389. The third-order valence-electron chi connectivity index (χ3n) is 9.09. The van der Waals surface area contributed by atoms with Crippen LogP contribution in [-0.4, -0.2) is 76.0 Å². The summed E-state index contributed by atoms with van der Waals surface area (Å²) in [5.41, 5.74) is 17.1. The summed E-state index contributed by atoms with van der Waals surface area (Å²) in [6.07, 6.45) is 6.85. The Morgan fingerprint density at radius 3 is 2.36 bits per heavy atom. The molecule has 0 saturated carbocycles. The van der Waals surface area contributed by atoms with Crippen molar-refractivity contribution in [3.63, 3.8) is 0 Å². The molecule has 6 rings (SSSR count). The number of aromatic nitrogens is 3. The minimum Gasteiger partial charge on any atom is -0.438 e. The summed E-state index contributed by atoms with van der Waals surface area (Å²) < 4.78 is 7.15. The van der Waals surface area contributed by atoms with Gasteiger partial charge in [0.1, 0.15) is 0 Å². The summed E-state index contributed by atoms with van der Waals surface area (Å²) in [4.78, 5) is 48.0. The van der Waals surface area contributed by atoms with E-state index in [1.165, 1.54) is 31.6 Å². The Hall–Kier alpha value is -4.90. The van der Waals surface area contributed by atoms with Crippen LogP contribution in [0, 0.1) is 6.92 Å². The minimum absolute atomic E-state index is 0.0205. The third-order valence-corrected chi connectivity index (χ3v) is 9.09. The van der Waals surface area contributed by atoms with Crippen molar-refractivity contribution >= 4 is 23.8 Å². The molecule has 5 N–H and O–H groups in total. The number of aromatic amines is 1. The number of hydrogen-bond donors (Lipinski definition) is 3. The van der Waals surface area contributed by atoms with Crippen molar-refractivity contribution in [2.45, 2.75) is 57.1 Å². The summed E-state index contributed by atoms with van der Waals surface area (Å²) >= 11 is 0. The van der Waals surface area contributed by atoms with Gasteiger partial charge in [0.25, 0.3) is 0 Å². The lowest BCUT2D eigenvalue weighted by Crippen LogP contribution is -2.42. The predicted octanol–water partition coefficient (Wildman–Crippen LogP) is 4.79. The van der Waals surface area contributed by atoms with Crippen molar-refractivity contribution in [2.24, 2.45) is 0 Å². The molecule has 0 radical (unpaired) electrons. The number of nitrogens with zero attached hydrogens (tertiary/aromatic N) is 4. The smallest absolute Gasteiger partial charge is 0.410 e. The molecule has 4 aromatic rings. The number of imidazole rings is 1. The number of piperidine rings is 2. The maximum Gasteiger partial charge on any atom is 0.410 e. The van der Waals surface area contributed by atoms with Crippen molar-refractivity contribution in [1.82, 2.24) is 24.3 Å². The van der Waals surface area contributed by atoms with E-state index in [-0.39, 0.29) is 18.2 Å². The maximum absolute atomic E-state index is 12.7. The number of benzene rings is 2. The zero-order valence-corrected chi connectivity index (χ0v) is 27.2. The van der Waals surface area contributed by atoms with Crippen molar-refractivity contribution in [3.05, 3.63) is 100 Å². The summed E-state index contributed by atoms with van der Waals surface area (Å²) in [5.74, 6) is 0.692. The summed E-state index contributed by atoms with van der Waals surface area (Å²) in [5, 5.41) is 0. The second-order valence-corrected chi connectivity index (χ2v) is 12.5. The quantitative estimate of drug-likeness (QED) is 0.193. The SMILES string of the molecule is CN1CCC(c2ccccn2)CC1.Cc1cc(CC(C=O)OC(=O)N2CCC(n3cc(-c4ccccc4)[nH]c3=O)CC2)cc(N)c1N. The average Bonchev–Trinajstić information content (AvgIpc) is 3.49. The highest BCUT2D eigenvalue weighted by molar-refractivity contribution is 5.72. The fourth-order valence-corrected chi connectivity index (χ4v) is 6.27. The molecule has 1 atom stereocenters. The van der Waals surface area contributed by atoms with Crippen LogP contribution in [-0.2, 0) is 16.0 Å². The van der Waals surface area contributed by atoms with Gasteiger partial charge in [-0.05, 0) is 87.6 Å². The van der Waals surface area contributed by atoms with Crippen molar-refractivity contribution in [3.8, 4) is 11.3 Å². The molecule has 11 nitrogen and oxygen atoms in total.